The molecule has 0 saturated carbocycles. The van der Waals surface area contributed by atoms with Crippen molar-refractivity contribution in [3.8, 4) is 22.3 Å². The Kier molecular flexibility index (Phi) is 10.3. The average Bonchev–Trinajstić information content (AvgIpc) is 3.79. The van der Waals surface area contributed by atoms with Crippen LogP contribution in [0.25, 0.3) is 64.7 Å². The number of rotatable bonds is 6. The predicted octanol–water partition coefficient (Wildman–Crippen LogP) is 18.1. The van der Waals surface area contributed by atoms with Gasteiger partial charge in [0, 0.05) is 43.2 Å². The van der Waals surface area contributed by atoms with E-state index in [9.17, 15) is 0 Å². The van der Waals surface area contributed by atoms with Crippen molar-refractivity contribution in [3.05, 3.63) is 211 Å². The number of nitrogens with zero attached hydrogens (tertiary/aromatic N) is 2. The Bertz CT molecular complexity index is 4000. The van der Waals surface area contributed by atoms with Gasteiger partial charge in [0.05, 0.1) is 11.4 Å². The van der Waals surface area contributed by atoms with Crippen LogP contribution in [0.5, 0.6) is 0 Å². The lowest BCUT2D eigenvalue weighted by atomic mass is 9.36. The minimum Gasteiger partial charge on any atom is -0.311 e. The first kappa shape index (κ1) is 45.5. The molecule has 2 aliphatic heterocycles. The Morgan fingerprint density at radius 1 is 0.411 bits per heavy atom. The molecule has 0 saturated heterocycles. The van der Waals surface area contributed by atoms with Crippen LogP contribution in [0.2, 0.25) is 0 Å². The molecule has 3 heterocycles. The highest BCUT2D eigenvalue weighted by Crippen LogP contribution is 2.51. The van der Waals surface area contributed by atoms with Crippen LogP contribution < -0.4 is 25.5 Å². The lowest BCUT2D eigenvalue weighted by Gasteiger charge is -2.44. The van der Waals surface area contributed by atoms with Gasteiger partial charge in [-0.05, 0) is 160 Å². The van der Waals surface area contributed by atoms with Crippen molar-refractivity contribution in [1.29, 1.82) is 0 Å². The van der Waals surface area contributed by atoms with Crippen LogP contribution in [0.15, 0.2) is 194 Å². The molecule has 73 heavy (non-hydrogen) atoms. The van der Waals surface area contributed by atoms with Gasteiger partial charge in [-0.25, -0.2) is 0 Å². The lowest BCUT2D eigenvalue weighted by molar-refractivity contribution is 0.506. The standard InChI is InChI=1S/C69H61BN2S/c1-10-69(8,9)48-32-36-60-58(42-48)70-64-61(71(49-23-18-22-44(38-49)43-20-12-11-13-21-43)65-57-41-47(68(5,6)7)33-37-63(57)73-66(65)70)28-19-29-62(64)72(60)59-35-31-46(67(2,3)4)40-55(59)45-30-34-54-52-26-15-14-24-50(52)51-25-16-17-27-53(51)56(54)39-45/h11-42H,10H2,1-9H3. The molecule has 4 heteroatoms. The van der Waals surface area contributed by atoms with Crippen LogP contribution in [0.4, 0.5) is 34.1 Å². The van der Waals surface area contributed by atoms with Gasteiger partial charge >= 0.3 is 0 Å². The fraction of sp³-hybridized carbons (Fsp3) is 0.188. The molecule has 2 nitrogen and oxygen atoms in total. The highest BCUT2D eigenvalue weighted by molar-refractivity contribution is 7.33. The topological polar surface area (TPSA) is 6.48 Å². The van der Waals surface area contributed by atoms with Crippen molar-refractivity contribution in [2.45, 2.75) is 85.0 Å². The second kappa shape index (κ2) is 16.6. The number of hydrogen-bond acceptors (Lipinski definition) is 3. The summed E-state index contributed by atoms with van der Waals surface area (Å²) in [6.07, 6.45) is 1.04. The van der Waals surface area contributed by atoms with Crippen LogP contribution in [0.1, 0.15) is 85.4 Å². The van der Waals surface area contributed by atoms with Gasteiger partial charge < -0.3 is 9.80 Å². The quantitative estimate of drug-likeness (QED) is 0.121. The maximum absolute atomic E-state index is 2.63. The van der Waals surface area contributed by atoms with Gasteiger partial charge in [-0.3, -0.25) is 0 Å². The third-order valence-corrected chi connectivity index (χ3v) is 17.7. The summed E-state index contributed by atoms with van der Waals surface area (Å²) in [6, 6.07) is 74.3. The molecule has 1 aromatic heterocycles. The fourth-order valence-electron chi connectivity index (χ4n) is 12.0. The lowest BCUT2D eigenvalue weighted by Crippen LogP contribution is -2.60. The van der Waals surface area contributed by atoms with Crippen molar-refractivity contribution < 1.29 is 0 Å². The van der Waals surface area contributed by atoms with Crippen molar-refractivity contribution in [3.63, 3.8) is 0 Å². The Morgan fingerprint density at radius 2 is 0.986 bits per heavy atom. The molecule has 0 radical (unpaired) electrons. The number of fused-ring (bicyclic) bond motifs is 12. The second-order valence-electron chi connectivity index (χ2n) is 23.4. The SMILES string of the molecule is CCC(C)(C)c1ccc2c(c1)B1c3sc4ccc(C(C)(C)C)cc4c3N(c3cccc(-c4ccccc4)c3)c3cccc(c31)N2c1ccc(C(C)(C)C)cc1-c1ccc2c3ccccc3c3ccccc3c2c1. The normalized spacial score (nSPS) is 13.5. The van der Waals surface area contributed by atoms with E-state index in [1.165, 1.54) is 131 Å². The van der Waals surface area contributed by atoms with Gasteiger partial charge in [0.25, 0.3) is 6.71 Å². The summed E-state index contributed by atoms with van der Waals surface area (Å²) in [5.41, 5.74) is 18.9. The van der Waals surface area contributed by atoms with Gasteiger partial charge in [-0.2, -0.15) is 0 Å². The molecular formula is C69H61BN2S. The second-order valence-corrected chi connectivity index (χ2v) is 24.4. The molecule has 11 aromatic rings. The molecule has 13 rings (SSSR count). The number of benzene rings is 10. The summed E-state index contributed by atoms with van der Waals surface area (Å²) < 4.78 is 2.72. The Labute approximate surface area is 435 Å². The molecule has 2 aliphatic rings. The van der Waals surface area contributed by atoms with E-state index < -0.39 is 0 Å². The smallest absolute Gasteiger partial charge is 0.264 e. The molecule has 10 aromatic carbocycles. The summed E-state index contributed by atoms with van der Waals surface area (Å²) in [5.74, 6) is 0. The summed E-state index contributed by atoms with van der Waals surface area (Å²) in [5, 5.41) is 9.04. The first-order valence-corrected chi connectivity index (χ1v) is 27.1. The van der Waals surface area contributed by atoms with E-state index in [2.05, 4.69) is 266 Å². The van der Waals surface area contributed by atoms with Crippen LogP contribution in [-0.2, 0) is 16.2 Å². The number of thiophene rings is 1. The zero-order valence-electron chi connectivity index (χ0n) is 43.6. The van der Waals surface area contributed by atoms with Gasteiger partial charge in [0.1, 0.15) is 0 Å². The van der Waals surface area contributed by atoms with Crippen LogP contribution in [0.3, 0.4) is 0 Å². The number of anilines is 6. The predicted molar refractivity (Wildman–Crippen MR) is 320 cm³/mol. The largest absolute Gasteiger partial charge is 0.311 e. The zero-order valence-corrected chi connectivity index (χ0v) is 44.4. The first-order valence-electron chi connectivity index (χ1n) is 26.3. The van der Waals surface area contributed by atoms with E-state index in [0.29, 0.717) is 0 Å². The minimum absolute atomic E-state index is 0.00837. The molecule has 0 aliphatic carbocycles. The minimum atomic E-state index is -0.0658. The van der Waals surface area contributed by atoms with Crippen LogP contribution >= 0.6 is 11.3 Å². The molecule has 0 N–H and O–H groups in total. The Morgan fingerprint density at radius 3 is 1.67 bits per heavy atom. The van der Waals surface area contributed by atoms with E-state index in [0.717, 1.165) is 6.42 Å². The van der Waals surface area contributed by atoms with Crippen molar-refractivity contribution >= 4 is 110 Å². The van der Waals surface area contributed by atoms with Crippen molar-refractivity contribution in [2.24, 2.45) is 0 Å². The summed E-state index contributed by atoms with van der Waals surface area (Å²) in [6.45, 7) is 21.2. The molecule has 0 spiro atoms. The van der Waals surface area contributed by atoms with Crippen LogP contribution in [-0.4, -0.2) is 6.71 Å². The Hall–Kier alpha value is -7.40. The maximum Gasteiger partial charge on any atom is 0.264 e. The van der Waals surface area contributed by atoms with E-state index >= 15 is 0 Å². The number of hydrogen-bond donors (Lipinski definition) is 0. The van der Waals surface area contributed by atoms with Gasteiger partial charge in [0.15, 0.2) is 0 Å². The molecule has 0 fully saturated rings. The van der Waals surface area contributed by atoms with Gasteiger partial charge in [-0.1, -0.05) is 196 Å². The van der Waals surface area contributed by atoms with Crippen molar-refractivity contribution in [1.82, 2.24) is 0 Å². The zero-order chi connectivity index (χ0) is 50.1. The first-order chi connectivity index (χ1) is 35.2. The highest BCUT2D eigenvalue weighted by Gasteiger charge is 2.46. The summed E-state index contributed by atoms with van der Waals surface area (Å²) in [7, 11) is 0. The third-order valence-electron chi connectivity index (χ3n) is 16.5. The van der Waals surface area contributed by atoms with Crippen molar-refractivity contribution in [2.75, 3.05) is 9.80 Å². The third kappa shape index (κ3) is 7.19. The van der Waals surface area contributed by atoms with Gasteiger partial charge in [0.2, 0.25) is 0 Å². The van der Waals surface area contributed by atoms with Gasteiger partial charge in [-0.15, -0.1) is 11.3 Å². The molecule has 0 amide bonds. The van der Waals surface area contributed by atoms with Crippen LogP contribution in [0, 0.1) is 0 Å². The average molecular weight is 961 g/mol. The van der Waals surface area contributed by atoms with E-state index in [1.807, 2.05) is 11.3 Å². The Balaban J connectivity index is 1.11. The molecular weight excluding hydrogens is 900 g/mol. The molecule has 356 valence electrons. The van der Waals surface area contributed by atoms with E-state index in [1.54, 1.807) is 0 Å². The van der Waals surface area contributed by atoms with E-state index in [4.69, 9.17) is 0 Å². The summed E-state index contributed by atoms with van der Waals surface area (Å²) in [4.78, 5) is 5.25. The molecule has 0 bridgehead atoms. The fourth-order valence-corrected chi connectivity index (χ4v) is 13.3. The monoisotopic (exact) mass is 960 g/mol. The molecule has 0 unspecified atom stereocenters. The maximum atomic E-state index is 2.63. The molecule has 0 atom stereocenters. The highest BCUT2D eigenvalue weighted by atomic mass is 32.1. The summed E-state index contributed by atoms with van der Waals surface area (Å²) >= 11 is 1.98. The van der Waals surface area contributed by atoms with E-state index in [-0.39, 0.29) is 23.0 Å².